The predicted molar refractivity (Wildman–Crippen MR) is 119 cm³/mol. The summed E-state index contributed by atoms with van der Waals surface area (Å²) in [5, 5.41) is 73.7. The zero-order valence-corrected chi connectivity index (χ0v) is 20.2. The second-order valence-electron chi connectivity index (χ2n) is 12.0. The number of hydrogen-bond donors (Lipinski definition) is 7. The fourth-order valence-corrected chi connectivity index (χ4v) is 9.29. The number of carbonyl (C=O) groups is 1. The van der Waals surface area contributed by atoms with Gasteiger partial charge in [-0.2, -0.15) is 0 Å². The smallest absolute Gasteiger partial charge is 0.355 e. The van der Waals surface area contributed by atoms with E-state index in [2.05, 4.69) is 11.6 Å². The second kappa shape index (κ2) is 5.85. The normalized spacial score (nSPS) is 57.7. The van der Waals surface area contributed by atoms with Gasteiger partial charge < -0.3 is 45.1 Å². The van der Waals surface area contributed by atoms with Crippen molar-refractivity contribution in [2.45, 2.75) is 93.0 Å². The molecule has 2 aliphatic heterocycles. The van der Waals surface area contributed by atoms with E-state index in [1.54, 1.807) is 19.9 Å². The molecular formula is C25H33NO9. The van der Waals surface area contributed by atoms with Crippen LogP contribution in [-0.2, 0) is 9.47 Å². The van der Waals surface area contributed by atoms with E-state index in [1.165, 1.54) is 26.1 Å². The van der Waals surface area contributed by atoms with Crippen molar-refractivity contribution < 1.29 is 44.9 Å². The number of nitrogens with one attached hydrogen (secondary N) is 1. The van der Waals surface area contributed by atoms with E-state index >= 15 is 0 Å². The van der Waals surface area contributed by atoms with Crippen LogP contribution in [0.3, 0.4) is 0 Å². The topological polar surface area (TPSA) is 173 Å². The third-order valence-corrected chi connectivity index (χ3v) is 11.0. The fourth-order valence-electron chi connectivity index (χ4n) is 9.29. The number of hydrogen-bond acceptors (Lipinski definition) is 9. The van der Waals surface area contributed by atoms with Crippen LogP contribution in [0.15, 0.2) is 30.5 Å². The lowest BCUT2D eigenvalue weighted by molar-refractivity contribution is -0.383. The molecule has 0 radical (unpaired) electrons. The Balaban J connectivity index is 1.70. The summed E-state index contributed by atoms with van der Waals surface area (Å²) in [4.78, 5) is 15.9. The number of esters is 1. The zero-order valence-electron chi connectivity index (χ0n) is 20.2. The Morgan fingerprint density at radius 3 is 2.46 bits per heavy atom. The highest BCUT2D eigenvalue weighted by Crippen LogP contribution is 2.90. The average Bonchev–Trinajstić information content (AvgIpc) is 3.41. The number of H-pyrrole nitrogens is 1. The van der Waals surface area contributed by atoms with Crippen molar-refractivity contribution in [2.24, 2.45) is 16.7 Å². The molecule has 10 heteroatoms. The second-order valence-corrected chi connectivity index (χ2v) is 12.0. The van der Waals surface area contributed by atoms with Gasteiger partial charge in [-0.1, -0.05) is 27.4 Å². The molecule has 1 spiro atoms. The maximum atomic E-state index is 13.2. The van der Waals surface area contributed by atoms with E-state index in [9.17, 15) is 35.4 Å². The molecule has 1 aromatic rings. The Morgan fingerprint density at radius 1 is 1.23 bits per heavy atom. The lowest BCUT2D eigenvalue weighted by atomic mass is 9.52. The van der Waals surface area contributed by atoms with Crippen LogP contribution in [0.1, 0.15) is 57.4 Å². The van der Waals surface area contributed by atoms with Gasteiger partial charge in [0.1, 0.15) is 34.2 Å². The van der Waals surface area contributed by atoms with Crippen molar-refractivity contribution in [1.29, 1.82) is 0 Å². The van der Waals surface area contributed by atoms with Gasteiger partial charge in [-0.25, -0.2) is 4.79 Å². The van der Waals surface area contributed by atoms with Gasteiger partial charge in [0, 0.05) is 18.0 Å². The largest absolute Gasteiger partial charge is 0.451 e. The Morgan fingerprint density at radius 2 is 1.89 bits per heavy atom. The lowest BCUT2D eigenvalue weighted by Crippen LogP contribution is -2.74. The van der Waals surface area contributed by atoms with E-state index in [-0.39, 0.29) is 30.5 Å². The Kier molecular flexibility index (Phi) is 3.95. The molecule has 0 unspecified atom stereocenters. The number of aromatic amines is 1. The number of carbonyl (C=O) groups excluding carboxylic acids is 1. The SMILES string of the molecule is C=C1CC[C@]2(O)[C@]3(C)C[C@]4(O)O[C@@]2([C@H]1O)[C@]1(O)[C@@]3(O)[C@H](OC(=O)c2ccc[nH]2)[C@](O)(C(C)C)[C@@]14C. The summed E-state index contributed by atoms with van der Waals surface area (Å²) in [6, 6.07) is 3.04. The molecule has 0 aromatic carbocycles. The average molecular weight is 492 g/mol. The van der Waals surface area contributed by atoms with Crippen molar-refractivity contribution in [1.82, 2.24) is 4.98 Å². The quantitative estimate of drug-likeness (QED) is 0.222. The van der Waals surface area contributed by atoms with Crippen LogP contribution >= 0.6 is 0 Å². The summed E-state index contributed by atoms with van der Waals surface area (Å²) >= 11 is 0. The minimum absolute atomic E-state index is 0.0342. The zero-order chi connectivity index (χ0) is 25.8. The number of aliphatic hydroxyl groups is 6. The maximum absolute atomic E-state index is 13.2. The maximum Gasteiger partial charge on any atom is 0.355 e. The minimum atomic E-state index is -2.65. The molecule has 7 rings (SSSR count). The first kappa shape index (κ1) is 23.6. The minimum Gasteiger partial charge on any atom is -0.451 e. The van der Waals surface area contributed by atoms with E-state index in [0.717, 1.165) is 0 Å². The number of aromatic nitrogens is 1. The van der Waals surface area contributed by atoms with Crippen LogP contribution in [-0.4, -0.2) is 87.6 Å². The molecule has 4 aliphatic carbocycles. The summed E-state index contributed by atoms with van der Waals surface area (Å²) < 4.78 is 12.0. The summed E-state index contributed by atoms with van der Waals surface area (Å²) in [6.07, 6.45) is -2.19. The summed E-state index contributed by atoms with van der Waals surface area (Å²) in [5.41, 5.74) is -15.4. The fraction of sp³-hybridized carbons (Fsp3) is 0.720. The molecule has 2 saturated heterocycles. The molecule has 7 N–H and O–H groups in total. The lowest BCUT2D eigenvalue weighted by Gasteiger charge is -2.60. The van der Waals surface area contributed by atoms with E-state index in [1.807, 2.05) is 0 Å². The number of rotatable bonds is 3. The van der Waals surface area contributed by atoms with E-state index < -0.39 is 68.7 Å². The molecule has 192 valence electrons. The van der Waals surface area contributed by atoms with Gasteiger partial charge in [-0.15, -0.1) is 0 Å². The summed E-state index contributed by atoms with van der Waals surface area (Å²) in [7, 11) is 0. The van der Waals surface area contributed by atoms with E-state index in [4.69, 9.17) is 9.47 Å². The highest BCUT2D eigenvalue weighted by molar-refractivity contribution is 5.87. The van der Waals surface area contributed by atoms with Crippen molar-refractivity contribution in [3.8, 4) is 0 Å². The van der Waals surface area contributed by atoms with Crippen molar-refractivity contribution >= 4 is 5.97 Å². The highest BCUT2D eigenvalue weighted by Gasteiger charge is 3.10. The first-order valence-corrected chi connectivity index (χ1v) is 12.0. The van der Waals surface area contributed by atoms with Crippen LogP contribution < -0.4 is 0 Å². The molecule has 6 fully saturated rings. The van der Waals surface area contributed by atoms with Gasteiger partial charge in [0.05, 0.1) is 5.41 Å². The van der Waals surface area contributed by atoms with Crippen LogP contribution in [0.2, 0.25) is 0 Å². The monoisotopic (exact) mass is 491 g/mol. The predicted octanol–water partition coefficient (Wildman–Crippen LogP) is -0.268. The number of ether oxygens (including phenoxy) is 2. The number of aliphatic hydroxyl groups excluding tert-OH is 1. The third kappa shape index (κ3) is 1.71. The highest BCUT2D eigenvalue weighted by atomic mass is 16.7. The van der Waals surface area contributed by atoms with Gasteiger partial charge in [0.2, 0.25) is 0 Å². The van der Waals surface area contributed by atoms with Gasteiger partial charge in [-0.3, -0.25) is 0 Å². The molecule has 0 amide bonds. The molecule has 6 aliphatic rings. The van der Waals surface area contributed by atoms with E-state index in [0.29, 0.717) is 0 Å². The first-order valence-electron chi connectivity index (χ1n) is 12.0. The molecule has 3 heterocycles. The third-order valence-electron chi connectivity index (χ3n) is 11.0. The molecule has 10 atom stereocenters. The molecular weight excluding hydrogens is 458 g/mol. The van der Waals surface area contributed by atoms with Gasteiger partial charge in [0.25, 0.3) is 0 Å². The van der Waals surface area contributed by atoms with Gasteiger partial charge in [-0.05, 0) is 43.4 Å². The Bertz CT molecular complexity index is 1170. The van der Waals surface area contributed by atoms with Crippen LogP contribution in [0.25, 0.3) is 0 Å². The van der Waals surface area contributed by atoms with Crippen molar-refractivity contribution in [3.63, 3.8) is 0 Å². The van der Waals surface area contributed by atoms with Crippen LogP contribution in [0.5, 0.6) is 0 Å². The van der Waals surface area contributed by atoms with Crippen LogP contribution in [0.4, 0.5) is 0 Å². The van der Waals surface area contributed by atoms with Gasteiger partial charge >= 0.3 is 5.97 Å². The summed E-state index contributed by atoms with van der Waals surface area (Å²) in [5.74, 6) is -3.97. The van der Waals surface area contributed by atoms with Crippen molar-refractivity contribution in [3.05, 3.63) is 36.2 Å². The molecule has 10 nitrogen and oxygen atoms in total. The van der Waals surface area contributed by atoms with Gasteiger partial charge in [0.15, 0.2) is 17.5 Å². The molecule has 1 aromatic heterocycles. The molecule has 6 bridgehead atoms. The van der Waals surface area contributed by atoms with Crippen molar-refractivity contribution in [2.75, 3.05) is 0 Å². The standard InChI is InChI=1S/C25H33NO9/c1-12(2)22(31)17(34-16(28)14-7-6-10-26-14)23(32)18(4)11-21(30)19(22,5)25(23,33)24(35-21)15(27)13(3)8-9-20(18,24)29/h6-7,10,12,15,17,26-27,29-33H,3,8-9,11H2,1-2,4-5H3/t15-,17+,18-,19-,20-,21-,22+,23+,24+,25+/m0/s1. The molecule has 4 saturated carbocycles. The molecule has 35 heavy (non-hydrogen) atoms. The summed E-state index contributed by atoms with van der Waals surface area (Å²) in [6.45, 7) is 9.96. The Labute approximate surface area is 202 Å². The first-order chi connectivity index (χ1) is 16.0. The van der Waals surface area contributed by atoms with Crippen LogP contribution in [0, 0.1) is 16.7 Å². The Hall–Kier alpha value is -1.79.